The van der Waals surface area contributed by atoms with Crippen LogP contribution < -0.4 is 15.8 Å². The van der Waals surface area contributed by atoms with Gasteiger partial charge in [0, 0.05) is 22.0 Å². The van der Waals surface area contributed by atoms with E-state index in [1.807, 2.05) is 44.4 Å². The Hall–Kier alpha value is -2.66. The molecule has 0 spiro atoms. The molecule has 112 valence electrons. The van der Waals surface area contributed by atoms with Gasteiger partial charge in [0.15, 0.2) is 6.54 Å². The second kappa shape index (κ2) is 5.61. The van der Waals surface area contributed by atoms with Crippen molar-refractivity contribution >= 4 is 33.3 Å². The summed E-state index contributed by atoms with van der Waals surface area (Å²) < 4.78 is 0. The molecule has 1 amide bonds. The van der Waals surface area contributed by atoms with E-state index < -0.39 is 0 Å². The van der Waals surface area contributed by atoms with E-state index in [4.69, 9.17) is 0 Å². The normalized spacial score (nSPS) is 11.2. The van der Waals surface area contributed by atoms with E-state index in [1.54, 1.807) is 12.1 Å². The molecule has 5 nitrogen and oxygen atoms in total. The molecule has 5 heteroatoms. The Kier molecular flexibility index (Phi) is 3.65. The monoisotopic (exact) mass is 296 g/mol. The number of aromatic amines is 1. The molecule has 1 aromatic heterocycles. The number of quaternary nitrogens is 1. The highest BCUT2D eigenvalue weighted by atomic mass is 16.2. The van der Waals surface area contributed by atoms with Crippen molar-refractivity contribution in [2.75, 3.05) is 26.0 Å². The third kappa shape index (κ3) is 2.71. The number of carbonyl (C=O) groups excluding carboxylic acids is 1. The molecule has 1 heterocycles. The van der Waals surface area contributed by atoms with Gasteiger partial charge < -0.3 is 15.2 Å². The van der Waals surface area contributed by atoms with Gasteiger partial charge in [0.05, 0.1) is 14.1 Å². The van der Waals surface area contributed by atoms with E-state index in [2.05, 4.69) is 10.3 Å². The lowest BCUT2D eigenvalue weighted by atomic mass is 10.1. The van der Waals surface area contributed by atoms with Crippen LogP contribution in [0.2, 0.25) is 0 Å². The first-order chi connectivity index (χ1) is 10.5. The molecule has 3 aromatic rings. The molecule has 0 aliphatic heterocycles. The summed E-state index contributed by atoms with van der Waals surface area (Å²) in [6.45, 7) is 0.407. The van der Waals surface area contributed by atoms with E-state index in [1.165, 1.54) is 0 Å². The second-order valence-corrected chi connectivity index (χ2v) is 5.69. The van der Waals surface area contributed by atoms with Crippen LogP contribution in [-0.4, -0.2) is 31.5 Å². The average Bonchev–Trinajstić information content (AvgIpc) is 2.47. The fourth-order valence-corrected chi connectivity index (χ4v) is 2.59. The fraction of sp³-hybridized carbons (Fsp3) is 0.176. The van der Waals surface area contributed by atoms with Crippen LogP contribution in [0.4, 0.5) is 5.69 Å². The molecule has 0 bridgehead atoms. The maximum absolute atomic E-state index is 12.0. The molecular formula is C17H18N3O2+. The van der Waals surface area contributed by atoms with Gasteiger partial charge in [-0.05, 0) is 29.7 Å². The second-order valence-electron chi connectivity index (χ2n) is 5.69. The summed E-state index contributed by atoms with van der Waals surface area (Å²) in [5, 5.41) is 5.35. The largest absolute Gasteiger partial charge is 0.332 e. The van der Waals surface area contributed by atoms with Gasteiger partial charge in [0.25, 0.3) is 11.5 Å². The fourth-order valence-electron chi connectivity index (χ4n) is 2.59. The number of aromatic nitrogens is 1. The van der Waals surface area contributed by atoms with Crippen LogP contribution in [0.25, 0.3) is 21.7 Å². The van der Waals surface area contributed by atoms with E-state index in [-0.39, 0.29) is 11.5 Å². The van der Waals surface area contributed by atoms with Gasteiger partial charge in [-0.1, -0.05) is 18.2 Å². The third-order valence-electron chi connectivity index (χ3n) is 3.53. The SMILES string of the molecule is C[NH+](C)CC(=O)Nc1ccc2[nH]c(=O)c3ccccc3c2c1. The van der Waals surface area contributed by atoms with E-state index in [0.717, 1.165) is 26.9 Å². The Morgan fingerprint density at radius 1 is 1.09 bits per heavy atom. The van der Waals surface area contributed by atoms with Gasteiger partial charge in [-0.25, -0.2) is 0 Å². The summed E-state index contributed by atoms with van der Waals surface area (Å²) in [4.78, 5) is 27.9. The number of amides is 1. The minimum Gasteiger partial charge on any atom is -0.332 e. The highest BCUT2D eigenvalue weighted by molar-refractivity contribution is 6.07. The maximum Gasteiger partial charge on any atom is 0.279 e. The predicted molar refractivity (Wildman–Crippen MR) is 88.4 cm³/mol. The molecule has 0 saturated carbocycles. The number of carbonyl (C=O) groups is 1. The van der Waals surface area contributed by atoms with Gasteiger partial charge in [-0.2, -0.15) is 0 Å². The number of nitrogens with one attached hydrogen (secondary N) is 3. The summed E-state index contributed by atoms with van der Waals surface area (Å²) in [6.07, 6.45) is 0. The molecule has 0 fully saturated rings. The Bertz CT molecular complexity index is 913. The highest BCUT2D eigenvalue weighted by Crippen LogP contribution is 2.24. The summed E-state index contributed by atoms with van der Waals surface area (Å²) in [6, 6.07) is 13.0. The molecule has 0 radical (unpaired) electrons. The van der Waals surface area contributed by atoms with Crippen LogP contribution in [0.15, 0.2) is 47.3 Å². The van der Waals surface area contributed by atoms with Crippen molar-refractivity contribution in [3.05, 3.63) is 52.8 Å². The molecule has 22 heavy (non-hydrogen) atoms. The molecular weight excluding hydrogens is 278 g/mol. The van der Waals surface area contributed by atoms with Crippen molar-refractivity contribution in [2.24, 2.45) is 0 Å². The number of hydrogen-bond acceptors (Lipinski definition) is 2. The van der Waals surface area contributed by atoms with Gasteiger partial charge in [-0.15, -0.1) is 0 Å². The molecule has 0 atom stereocenters. The van der Waals surface area contributed by atoms with Gasteiger partial charge in [0.1, 0.15) is 0 Å². The zero-order valence-corrected chi connectivity index (χ0v) is 12.6. The number of pyridine rings is 1. The maximum atomic E-state index is 12.0. The molecule has 0 saturated heterocycles. The standard InChI is InChI=1S/C17H17N3O2/c1-20(2)10-16(21)18-11-7-8-15-14(9-11)12-5-3-4-6-13(12)17(22)19-15/h3-9H,10H2,1-2H3,(H,18,21)(H,19,22)/p+1. The molecule has 0 aliphatic carbocycles. The van der Waals surface area contributed by atoms with E-state index in [0.29, 0.717) is 11.9 Å². The average molecular weight is 296 g/mol. The van der Waals surface area contributed by atoms with Crippen LogP contribution in [0.3, 0.4) is 0 Å². The molecule has 2 aromatic carbocycles. The molecule has 3 N–H and O–H groups in total. The van der Waals surface area contributed by atoms with Crippen molar-refractivity contribution in [3.8, 4) is 0 Å². The van der Waals surface area contributed by atoms with Crippen LogP contribution in [-0.2, 0) is 4.79 Å². The summed E-state index contributed by atoms with van der Waals surface area (Å²) >= 11 is 0. The van der Waals surface area contributed by atoms with Gasteiger partial charge >= 0.3 is 0 Å². The number of anilines is 1. The zero-order chi connectivity index (χ0) is 15.7. The third-order valence-corrected chi connectivity index (χ3v) is 3.53. The van der Waals surface area contributed by atoms with E-state index in [9.17, 15) is 9.59 Å². The Morgan fingerprint density at radius 2 is 1.82 bits per heavy atom. The van der Waals surface area contributed by atoms with Crippen molar-refractivity contribution in [3.63, 3.8) is 0 Å². The van der Waals surface area contributed by atoms with Crippen molar-refractivity contribution < 1.29 is 9.69 Å². The molecule has 3 rings (SSSR count). The first-order valence-corrected chi connectivity index (χ1v) is 7.18. The van der Waals surface area contributed by atoms with Crippen LogP contribution in [0.5, 0.6) is 0 Å². The lowest BCUT2D eigenvalue weighted by molar-refractivity contribution is -0.849. The number of likely N-dealkylation sites (N-methyl/N-ethyl adjacent to an activating group) is 1. The van der Waals surface area contributed by atoms with Gasteiger partial charge in [-0.3, -0.25) is 9.59 Å². The summed E-state index contributed by atoms with van der Waals surface area (Å²) in [5.74, 6) is -0.0342. The van der Waals surface area contributed by atoms with E-state index >= 15 is 0 Å². The Morgan fingerprint density at radius 3 is 2.55 bits per heavy atom. The number of fused-ring (bicyclic) bond motifs is 3. The minimum absolute atomic E-state index is 0.0342. The van der Waals surface area contributed by atoms with Crippen LogP contribution >= 0.6 is 0 Å². The lowest BCUT2D eigenvalue weighted by Crippen LogP contribution is -3.06. The smallest absolute Gasteiger partial charge is 0.279 e. The van der Waals surface area contributed by atoms with Crippen molar-refractivity contribution in [2.45, 2.75) is 0 Å². The van der Waals surface area contributed by atoms with Crippen molar-refractivity contribution in [1.82, 2.24) is 4.98 Å². The Balaban J connectivity index is 2.09. The number of benzene rings is 2. The lowest BCUT2D eigenvalue weighted by Gasteiger charge is -2.10. The predicted octanol–water partition coefficient (Wildman–Crippen LogP) is 0.764. The first kappa shape index (κ1) is 14.3. The van der Waals surface area contributed by atoms with Crippen molar-refractivity contribution in [1.29, 1.82) is 0 Å². The molecule has 0 aliphatic rings. The minimum atomic E-state index is -0.101. The summed E-state index contributed by atoms with van der Waals surface area (Å²) in [7, 11) is 3.86. The zero-order valence-electron chi connectivity index (χ0n) is 12.6. The number of rotatable bonds is 3. The Labute approximate surface area is 127 Å². The van der Waals surface area contributed by atoms with Crippen LogP contribution in [0, 0.1) is 0 Å². The summed E-state index contributed by atoms with van der Waals surface area (Å²) in [5.41, 5.74) is 1.40. The molecule has 0 unspecified atom stereocenters. The highest BCUT2D eigenvalue weighted by Gasteiger charge is 2.09. The number of hydrogen-bond donors (Lipinski definition) is 3. The quantitative estimate of drug-likeness (QED) is 0.625. The van der Waals surface area contributed by atoms with Gasteiger partial charge in [0.2, 0.25) is 0 Å². The van der Waals surface area contributed by atoms with Crippen LogP contribution in [0.1, 0.15) is 0 Å². The number of H-pyrrole nitrogens is 1. The topological polar surface area (TPSA) is 66.4 Å². The first-order valence-electron chi connectivity index (χ1n) is 7.18.